The van der Waals surface area contributed by atoms with E-state index in [1.165, 1.54) is 12.8 Å². The summed E-state index contributed by atoms with van der Waals surface area (Å²) in [6.45, 7) is 4.79. The molecule has 1 saturated heterocycles. The number of guanidine groups is 1. The fourth-order valence-corrected chi connectivity index (χ4v) is 3.51. The van der Waals surface area contributed by atoms with Crippen LogP contribution < -0.4 is 15.4 Å². The number of nitrogens with zero attached hydrogens (tertiary/aromatic N) is 2. The Morgan fingerprint density at radius 1 is 1.24 bits per heavy atom. The summed E-state index contributed by atoms with van der Waals surface area (Å²) in [5, 5.41) is 6.63. The third-order valence-corrected chi connectivity index (χ3v) is 5.21. The van der Waals surface area contributed by atoms with Crippen molar-refractivity contribution in [3.8, 4) is 5.88 Å². The Hall–Kier alpha value is -1.13. The first-order chi connectivity index (χ1) is 13.8. The minimum Gasteiger partial charge on any atom is -0.474 e. The molecule has 2 fully saturated rings. The monoisotopic (exact) mass is 518 g/mol. The fourth-order valence-electron chi connectivity index (χ4n) is 3.51. The maximum atomic E-state index is 5.91. The van der Waals surface area contributed by atoms with E-state index in [0.29, 0.717) is 18.6 Å². The summed E-state index contributed by atoms with van der Waals surface area (Å²) in [6.07, 6.45) is 9.10. The van der Waals surface area contributed by atoms with Gasteiger partial charge in [0.2, 0.25) is 5.88 Å². The topological polar surface area (TPSA) is 77.0 Å². The maximum absolute atomic E-state index is 5.91. The summed E-state index contributed by atoms with van der Waals surface area (Å²) in [6, 6.07) is 4.01. The van der Waals surface area contributed by atoms with Gasteiger partial charge in [0.15, 0.2) is 5.96 Å². The molecule has 1 atom stereocenters. The van der Waals surface area contributed by atoms with Crippen LogP contribution in [0, 0.1) is 5.92 Å². The van der Waals surface area contributed by atoms with Gasteiger partial charge in [0.25, 0.3) is 0 Å². The lowest BCUT2D eigenvalue weighted by Gasteiger charge is -2.14. The number of rotatable bonds is 10. The van der Waals surface area contributed by atoms with Gasteiger partial charge < -0.3 is 24.8 Å². The highest BCUT2D eigenvalue weighted by Gasteiger charge is 2.17. The van der Waals surface area contributed by atoms with Crippen molar-refractivity contribution in [2.45, 2.75) is 51.2 Å². The zero-order chi connectivity index (χ0) is 19.4. The van der Waals surface area contributed by atoms with E-state index in [1.807, 2.05) is 12.3 Å². The second kappa shape index (κ2) is 14.0. The second-order valence-corrected chi connectivity index (χ2v) is 7.54. The van der Waals surface area contributed by atoms with Gasteiger partial charge in [-0.25, -0.2) is 4.98 Å². The summed E-state index contributed by atoms with van der Waals surface area (Å²) < 4.78 is 17.0. The highest BCUT2D eigenvalue weighted by molar-refractivity contribution is 14.0. The van der Waals surface area contributed by atoms with E-state index in [0.717, 1.165) is 76.1 Å². The Bertz CT molecular complexity index is 588. The van der Waals surface area contributed by atoms with Crippen LogP contribution in [-0.4, -0.2) is 57.1 Å². The SMILES string of the molecule is CN=C(NCCCOCC1CCOC1)NCc1ccc(OC2CCCC2)nc1.I. The van der Waals surface area contributed by atoms with E-state index < -0.39 is 0 Å². The van der Waals surface area contributed by atoms with Crippen molar-refractivity contribution in [3.05, 3.63) is 23.9 Å². The van der Waals surface area contributed by atoms with E-state index >= 15 is 0 Å². The van der Waals surface area contributed by atoms with E-state index in [1.54, 1.807) is 7.05 Å². The molecule has 1 aliphatic carbocycles. The van der Waals surface area contributed by atoms with Crippen LogP contribution in [0.15, 0.2) is 23.3 Å². The van der Waals surface area contributed by atoms with E-state index in [4.69, 9.17) is 14.2 Å². The lowest BCUT2D eigenvalue weighted by atomic mass is 10.1. The number of hydrogen-bond donors (Lipinski definition) is 2. The Labute approximate surface area is 191 Å². The van der Waals surface area contributed by atoms with E-state index in [-0.39, 0.29) is 24.0 Å². The van der Waals surface area contributed by atoms with E-state index in [2.05, 4.69) is 26.7 Å². The highest BCUT2D eigenvalue weighted by atomic mass is 127. The fraction of sp³-hybridized carbons (Fsp3) is 0.714. The maximum Gasteiger partial charge on any atom is 0.213 e. The molecule has 0 amide bonds. The van der Waals surface area contributed by atoms with Crippen molar-refractivity contribution in [2.75, 3.05) is 40.0 Å². The van der Waals surface area contributed by atoms with Crippen molar-refractivity contribution < 1.29 is 14.2 Å². The molecule has 8 heteroatoms. The number of ether oxygens (including phenoxy) is 3. The van der Waals surface area contributed by atoms with Crippen LogP contribution in [0.4, 0.5) is 0 Å². The molecular weight excluding hydrogens is 483 g/mol. The number of pyridine rings is 1. The van der Waals surface area contributed by atoms with Gasteiger partial charge in [-0.3, -0.25) is 4.99 Å². The smallest absolute Gasteiger partial charge is 0.213 e. The van der Waals surface area contributed by atoms with Gasteiger partial charge in [0.1, 0.15) is 6.10 Å². The molecule has 1 aromatic rings. The zero-order valence-corrected chi connectivity index (χ0v) is 19.7. The van der Waals surface area contributed by atoms with Crippen LogP contribution in [0.1, 0.15) is 44.1 Å². The molecule has 0 bridgehead atoms. The summed E-state index contributed by atoms with van der Waals surface area (Å²) in [7, 11) is 1.78. The van der Waals surface area contributed by atoms with Crippen molar-refractivity contribution in [2.24, 2.45) is 10.9 Å². The molecule has 1 aromatic heterocycles. The van der Waals surface area contributed by atoms with Crippen molar-refractivity contribution in [1.29, 1.82) is 0 Å². The molecule has 29 heavy (non-hydrogen) atoms. The minimum absolute atomic E-state index is 0. The third kappa shape index (κ3) is 9.04. The number of hydrogen-bond acceptors (Lipinski definition) is 5. The molecule has 1 unspecified atom stereocenters. The molecule has 164 valence electrons. The predicted octanol–water partition coefficient (Wildman–Crippen LogP) is 3.13. The predicted molar refractivity (Wildman–Crippen MR) is 125 cm³/mol. The van der Waals surface area contributed by atoms with Crippen LogP contribution in [0.5, 0.6) is 5.88 Å². The van der Waals surface area contributed by atoms with Gasteiger partial charge >= 0.3 is 0 Å². The van der Waals surface area contributed by atoms with Crippen LogP contribution in [0.3, 0.4) is 0 Å². The molecular formula is C21H35IN4O3. The lowest BCUT2D eigenvalue weighted by molar-refractivity contribution is 0.0888. The van der Waals surface area contributed by atoms with Gasteiger partial charge in [0, 0.05) is 51.5 Å². The molecule has 0 spiro atoms. The quantitative estimate of drug-likeness (QED) is 0.215. The molecule has 0 aromatic carbocycles. The van der Waals surface area contributed by atoms with E-state index in [9.17, 15) is 0 Å². The van der Waals surface area contributed by atoms with Crippen LogP contribution >= 0.6 is 24.0 Å². The molecule has 1 aliphatic heterocycles. The first-order valence-corrected chi connectivity index (χ1v) is 10.5. The van der Waals surface area contributed by atoms with Gasteiger partial charge in [-0.05, 0) is 44.1 Å². The normalized spacial score (nSPS) is 19.8. The number of halogens is 1. The second-order valence-electron chi connectivity index (χ2n) is 7.54. The van der Waals surface area contributed by atoms with Gasteiger partial charge in [-0.1, -0.05) is 6.07 Å². The Morgan fingerprint density at radius 3 is 2.79 bits per heavy atom. The molecule has 2 N–H and O–H groups in total. The summed E-state index contributed by atoms with van der Waals surface area (Å²) in [5.41, 5.74) is 1.10. The first-order valence-electron chi connectivity index (χ1n) is 10.5. The largest absolute Gasteiger partial charge is 0.474 e. The van der Waals surface area contributed by atoms with Crippen LogP contribution in [-0.2, 0) is 16.0 Å². The van der Waals surface area contributed by atoms with Crippen molar-refractivity contribution in [3.63, 3.8) is 0 Å². The van der Waals surface area contributed by atoms with Crippen LogP contribution in [0.2, 0.25) is 0 Å². The molecule has 1 saturated carbocycles. The zero-order valence-electron chi connectivity index (χ0n) is 17.4. The average molecular weight is 518 g/mol. The molecule has 2 aliphatic rings. The third-order valence-electron chi connectivity index (χ3n) is 5.21. The molecule has 0 radical (unpaired) electrons. The number of aliphatic imine (C=N–C) groups is 1. The molecule has 7 nitrogen and oxygen atoms in total. The van der Waals surface area contributed by atoms with Gasteiger partial charge in [-0.15, -0.1) is 24.0 Å². The number of aromatic nitrogens is 1. The van der Waals surface area contributed by atoms with Gasteiger partial charge in [-0.2, -0.15) is 0 Å². The molecule has 3 rings (SSSR count). The van der Waals surface area contributed by atoms with Crippen molar-refractivity contribution in [1.82, 2.24) is 15.6 Å². The summed E-state index contributed by atoms with van der Waals surface area (Å²) >= 11 is 0. The van der Waals surface area contributed by atoms with Crippen LogP contribution in [0.25, 0.3) is 0 Å². The minimum atomic E-state index is 0. The highest BCUT2D eigenvalue weighted by Crippen LogP contribution is 2.22. The lowest BCUT2D eigenvalue weighted by Crippen LogP contribution is -2.37. The summed E-state index contributed by atoms with van der Waals surface area (Å²) in [4.78, 5) is 8.69. The van der Waals surface area contributed by atoms with Crippen molar-refractivity contribution >= 4 is 29.9 Å². The molecule has 2 heterocycles. The van der Waals surface area contributed by atoms with Gasteiger partial charge in [0.05, 0.1) is 13.2 Å². The number of nitrogens with one attached hydrogen (secondary N) is 2. The standard InChI is InChI=1S/C21H34N4O3.HI/c1-22-21(23-10-4-11-26-15-18-9-12-27-16-18)25-14-17-7-8-20(24-13-17)28-19-5-2-3-6-19;/h7-8,13,18-19H,2-6,9-12,14-16H2,1H3,(H2,22,23,25);1H. The Kier molecular flexibility index (Phi) is 11.6. The first kappa shape index (κ1) is 24.1. The summed E-state index contributed by atoms with van der Waals surface area (Å²) in [5.74, 6) is 2.09. The average Bonchev–Trinajstić information content (AvgIpc) is 3.42. The Balaban J connectivity index is 0.00000300. The Morgan fingerprint density at radius 2 is 2.10 bits per heavy atom.